The van der Waals surface area contributed by atoms with Gasteiger partial charge in [0.25, 0.3) is 11.4 Å². The van der Waals surface area contributed by atoms with Crippen molar-refractivity contribution in [2.24, 2.45) is 5.92 Å². The zero-order valence-corrected chi connectivity index (χ0v) is 20.2. The van der Waals surface area contributed by atoms with E-state index in [-0.39, 0.29) is 34.0 Å². The van der Waals surface area contributed by atoms with Crippen molar-refractivity contribution in [3.63, 3.8) is 0 Å². The molecule has 0 amide bonds. The second-order valence-electron chi connectivity index (χ2n) is 8.80. The molecule has 1 aliphatic carbocycles. The maximum atomic E-state index is 12.0. The van der Waals surface area contributed by atoms with Gasteiger partial charge in [-0.1, -0.05) is 36.4 Å². The third kappa shape index (κ3) is 4.16. The monoisotopic (exact) mass is 525 g/mol. The number of rotatable bonds is 6. The molecule has 5 atom stereocenters. The van der Waals surface area contributed by atoms with E-state index in [1.807, 2.05) is 6.07 Å². The van der Waals surface area contributed by atoms with Crippen LogP contribution in [-0.2, 0) is 0 Å². The van der Waals surface area contributed by atoms with Crippen LogP contribution < -0.4 is 5.32 Å². The number of nitrogens with one attached hydrogen (secondary N) is 1. The highest BCUT2D eigenvalue weighted by atomic mass is 35.5. The Kier molecular flexibility index (Phi) is 6.31. The van der Waals surface area contributed by atoms with Crippen LogP contribution in [-0.4, -0.2) is 31.5 Å². The van der Waals surface area contributed by atoms with Crippen LogP contribution in [0.5, 0.6) is 0 Å². The van der Waals surface area contributed by atoms with E-state index in [1.165, 1.54) is 36.0 Å². The van der Waals surface area contributed by atoms with Gasteiger partial charge in [-0.25, -0.2) is 4.79 Å². The van der Waals surface area contributed by atoms with Crippen molar-refractivity contribution < 1.29 is 19.7 Å². The molecule has 1 saturated carbocycles. The summed E-state index contributed by atoms with van der Waals surface area (Å²) in [5.41, 5.74) is 1.92. The number of nitrogens with zero attached hydrogens (tertiary/aromatic N) is 2. The zero-order chi connectivity index (χ0) is 25.6. The quantitative estimate of drug-likeness (QED) is 0.219. The summed E-state index contributed by atoms with van der Waals surface area (Å²) in [6, 6.07) is 17.4. The minimum Gasteiger partial charge on any atom is -0.478 e. The van der Waals surface area contributed by atoms with Crippen molar-refractivity contribution in [3.8, 4) is 0 Å². The predicted octanol–water partition coefficient (Wildman–Crippen LogP) is 6.24. The summed E-state index contributed by atoms with van der Waals surface area (Å²) in [5, 5.41) is 35.5. The number of benzene rings is 3. The first-order valence-electron chi connectivity index (χ1n) is 11.2. The molecule has 36 heavy (non-hydrogen) atoms. The molecule has 0 bridgehead atoms. The minimum absolute atomic E-state index is 0.00293. The van der Waals surface area contributed by atoms with Gasteiger partial charge in [-0.15, -0.1) is 23.4 Å². The molecule has 2 N–H and O–H groups in total. The number of fused-ring (bicyclic) bond motifs is 3. The van der Waals surface area contributed by atoms with Gasteiger partial charge in [0.1, 0.15) is 0 Å². The molecule has 2 aliphatic rings. The number of thioether (sulfide) groups is 1. The average molecular weight is 526 g/mol. The fraction of sp³-hybridized carbons (Fsp3) is 0.240. The lowest BCUT2D eigenvalue weighted by Crippen LogP contribution is -2.32. The molecule has 184 valence electrons. The normalized spacial score (nSPS) is 24.3. The first-order valence-corrected chi connectivity index (χ1v) is 12.5. The maximum Gasteiger partial charge on any atom is 0.337 e. The summed E-state index contributed by atoms with van der Waals surface area (Å²) in [7, 11) is 0. The molecule has 0 aromatic heterocycles. The van der Waals surface area contributed by atoms with Crippen molar-refractivity contribution in [1.29, 1.82) is 0 Å². The largest absolute Gasteiger partial charge is 0.478 e. The Morgan fingerprint density at radius 3 is 2.50 bits per heavy atom. The fourth-order valence-electron chi connectivity index (χ4n) is 5.35. The van der Waals surface area contributed by atoms with Crippen LogP contribution in [0.4, 0.5) is 17.1 Å². The number of carboxylic acid groups (broad SMARTS) is 1. The number of carboxylic acids is 1. The number of hydrogen-bond donors (Lipinski definition) is 2. The molecule has 1 aliphatic heterocycles. The number of nitro benzene ring substituents is 2. The zero-order valence-electron chi connectivity index (χ0n) is 18.6. The fourth-order valence-corrected chi connectivity index (χ4v) is 7.30. The molecule has 1 heterocycles. The van der Waals surface area contributed by atoms with Gasteiger partial charge in [0.2, 0.25) is 0 Å². The minimum atomic E-state index is -1.09. The molecule has 3 aromatic carbocycles. The van der Waals surface area contributed by atoms with Crippen LogP contribution >= 0.6 is 23.4 Å². The number of carbonyl (C=O) groups is 1. The Morgan fingerprint density at radius 2 is 1.78 bits per heavy atom. The first kappa shape index (κ1) is 24.1. The van der Waals surface area contributed by atoms with Gasteiger partial charge in [0.15, 0.2) is 0 Å². The summed E-state index contributed by atoms with van der Waals surface area (Å²) in [5.74, 6) is -1.47. The second-order valence-corrected chi connectivity index (χ2v) is 10.6. The van der Waals surface area contributed by atoms with Gasteiger partial charge in [0, 0.05) is 29.4 Å². The van der Waals surface area contributed by atoms with Crippen LogP contribution in [0.2, 0.25) is 0 Å². The second kappa shape index (κ2) is 9.44. The number of non-ortho nitro benzene ring substituents is 1. The third-order valence-corrected chi connectivity index (χ3v) is 8.97. The number of nitro groups is 2. The predicted molar refractivity (Wildman–Crippen MR) is 136 cm³/mol. The van der Waals surface area contributed by atoms with E-state index in [2.05, 4.69) is 5.32 Å². The molecule has 1 fully saturated rings. The van der Waals surface area contributed by atoms with Crippen molar-refractivity contribution in [1.82, 2.24) is 0 Å². The smallest absolute Gasteiger partial charge is 0.337 e. The Bertz CT molecular complexity index is 1390. The van der Waals surface area contributed by atoms with E-state index in [0.717, 1.165) is 5.56 Å². The number of alkyl halides is 1. The lowest BCUT2D eigenvalue weighted by atomic mass is 9.76. The van der Waals surface area contributed by atoms with Gasteiger partial charge in [-0.05, 0) is 35.6 Å². The van der Waals surface area contributed by atoms with E-state index in [4.69, 9.17) is 11.6 Å². The van der Waals surface area contributed by atoms with Crippen molar-refractivity contribution in [3.05, 3.63) is 104 Å². The highest BCUT2D eigenvalue weighted by Crippen LogP contribution is 2.58. The Balaban J connectivity index is 1.59. The van der Waals surface area contributed by atoms with E-state index in [9.17, 15) is 30.1 Å². The van der Waals surface area contributed by atoms with Crippen molar-refractivity contribution in [2.75, 3.05) is 5.32 Å². The van der Waals surface area contributed by atoms with Crippen LogP contribution in [0.3, 0.4) is 0 Å². The molecule has 9 nitrogen and oxygen atoms in total. The van der Waals surface area contributed by atoms with Crippen molar-refractivity contribution >= 4 is 46.4 Å². The molecule has 3 aromatic rings. The van der Waals surface area contributed by atoms with Crippen LogP contribution in [0.25, 0.3) is 0 Å². The number of anilines is 1. The molecule has 0 saturated heterocycles. The number of aromatic carboxylic acids is 1. The maximum absolute atomic E-state index is 12.0. The standard InChI is InChI=1S/C25H20ClN3O6S/c26-22-20(36-19-10-2-1-9-18(19)29(34)35)12-17-21(22)15-7-4-8-16(25(30)31)24(15)27-23(17)13-5-3-6-14(11-13)28(32)33/h1-11,17,20-23,27H,12H2,(H,30,31)/t17-,20+,21-,22-,23-/m1/s1. The molecule has 0 spiro atoms. The van der Waals surface area contributed by atoms with Crippen LogP contribution in [0.15, 0.2) is 71.6 Å². The molecular weight excluding hydrogens is 506 g/mol. The lowest BCUT2D eigenvalue weighted by molar-refractivity contribution is -0.387. The highest BCUT2D eigenvalue weighted by molar-refractivity contribution is 8.00. The van der Waals surface area contributed by atoms with Gasteiger partial charge < -0.3 is 10.4 Å². The Labute approximate surface area is 214 Å². The Morgan fingerprint density at radius 1 is 1.03 bits per heavy atom. The van der Waals surface area contributed by atoms with Gasteiger partial charge in [0.05, 0.1) is 37.4 Å². The number of para-hydroxylation sites is 2. The van der Waals surface area contributed by atoms with Gasteiger partial charge >= 0.3 is 5.97 Å². The lowest BCUT2D eigenvalue weighted by Gasteiger charge is -2.38. The third-order valence-electron chi connectivity index (χ3n) is 6.86. The Hall–Kier alpha value is -3.63. The van der Waals surface area contributed by atoms with Crippen LogP contribution in [0.1, 0.15) is 39.9 Å². The summed E-state index contributed by atoms with van der Waals surface area (Å²) in [4.78, 5) is 34.6. The van der Waals surface area contributed by atoms with Gasteiger partial charge in [-0.3, -0.25) is 20.2 Å². The average Bonchev–Trinajstić information content (AvgIpc) is 3.19. The summed E-state index contributed by atoms with van der Waals surface area (Å²) in [6.45, 7) is 0. The van der Waals surface area contributed by atoms with E-state index in [1.54, 1.807) is 36.4 Å². The number of halogens is 1. The van der Waals surface area contributed by atoms with Gasteiger partial charge in [-0.2, -0.15) is 0 Å². The SMILES string of the molecule is O=C(O)c1cccc2c1N[C@H](c1cccc([N+](=O)[O-])c1)[C@@H]1C[C@H](Sc3ccccc3[N+](=O)[O-])[C@@H](Cl)[C@H]21. The summed E-state index contributed by atoms with van der Waals surface area (Å²) < 4.78 is 0. The first-order chi connectivity index (χ1) is 17.3. The topological polar surface area (TPSA) is 136 Å². The molecule has 0 unspecified atom stereocenters. The van der Waals surface area contributed by atoms with E-state index >= 15 is 0 Å². The molecule has 5 rings (SSSR count). The van der Waals surface area contributed by atoms with E-state index < -0.39 is 27.2 Å². The molecule has 0 radical (unpaired) electrons. The highest BCUT2D eigenvalue weighted by Gasteiger charge is 2.51. The summed E-state index contributed by atoms with van der Waals surface area (Å²) in [6.07, 6.45) is 0.576. The molecular formula is C25H20ClN3O6S. The molecule has 11 heteroatoms. The van der Waals surface area contributed by atoms with E-state index in [0.29, 0.717) is 22.6 Å². The van der Waals surface area contributed by atoms with Crippen LogP contribution in [0, 0.1) is 26.1 Å². The summed E-state index contributed by atoms with van der Waals surface area (Å²) >= 11 is 8.40. The number of hydrogen-bond acceptors (Lipinski definition) is 7. The van der Waals surface area contributed by atoms with Crippen molar-refractivity contribution in [2.45, 2.75) is 33.9 Å².